The molecule has 2 aromatic rings. The fraction of sp³-hybridized carbons (Fsp3) is 0.538. The Kier molecular flexibility index (Phi) is 3.52. The summed E-state index contributed by atoms with van der Waals surface area (Å²) in [4.78, 5) is 10.8. The lowest BCUT2D eigenvalue weighted by Crippen LogP contribution is -2.23. The molecule has 3 rings (SSSR count). The number of aromatic nitrogens is 2. The molecule has 3 heterocycles. The molecule has 19 heavy (non-hydrogen) atoms. The molecule has 0 amide bonds. The van der Waals surface area contributed by atoms with Gasteiger partial charge >= 0.3 is 0 Å². The van der Waals surface area contributed by atoms with Gasteiger partial charge in [0.2, 0.25) is 5.95 Å². The normalized spacial score (nSPS) is 16.9. The van der Waals surface area contributed by atoms with Crippen LogP contribution in [-0.4, -0.2) is 29.7 Å². The molecule has 0 aliphatic carbocycles. The van der Waals surface area contributed by atoms with Crippen LogP contribution in [0.4, 0.5) is 11.8 Å². The maximum Gasteiger partial charge on any atom is 0.223 e. The SMILES string of the molecule is Cc1cc2c(NCC3CCOCC3)nc(N)nc2s1. The van der Waals surface area contributed by atoms with Crippen LogP contribution in [-0.2, 0) is 4.74 Å². The van der Waals surface area contributed by atoms with Crippen molar-refractivity contribution >= 4 is 33.3 Å². The molecule has 0 bridgehead atoms. The van der Waals surface area contributed by atoms with Gasteiger partial charge < -0.3 is 15.8 Å². The van der Waals surface area contributed by atoms with E-state index in [9.17, 15) is 0 Å². The third-order valence-corrected chi connectivity index (χ3v) is 4.38. The third-order valence-electron chi connectivity index (χ3n) is 3.43. The van der Waals surface area contributed by atoms with Crippen LogP contribution in [0.2, 0.25) is 0 Å². The van der Waals surface area contributed by atoms with Gasteiger partial charge in [-0.1, -0.05) is 0 Å². The number of nitrogens with zero attached hydrogens (tertiary/aromatic N) is 2. The predicted molar refractivity (Wildman–Crippen MR) is 78.6 cm³/mol. The van der Waals surface area contributed by atoms with Gasteiger partial charge in [0.05, 0.1) is 5.39 Å². The van der Waals surface area contributed by atoms with E-state index in [2.05, 4.69) is 28.3 Å². The Morgan fingerprint density at radius 1 is 1.42 bits per heavy atom. The van der Waals surface area contributed by atoms with E-state index in [1.807, 2.05) is 0 Å². The number of nitrogens with one attached hydrogen (secondary N) is 1. The predicted octanol–water partition coefficient (Wildman–Crippen LogP) is 2.42. The van der Waals surface area contributed by atoms with E-state index in [4.69, 9.17) is 10.5 Å². The number of fused-ring (bicyclic) bond motifs is 1. The molecule has 1 saturated heterocycles. The molecule has 1 aliphatic heterocycles. The highest BCUT2D eigenvalue weighted by Gasteiger charge is 2.15. The van der Waals surface area contributed by atoms with Crippen molar-refractivity contribution in [3.05, 3.63) is 10.9 Å². The van der Waals surface area contributed by atoms with E-state index >= 15 is 0 Å². The fourth-order valence-electron chi connectivity index (χ4n) is 2.38. The zero-order chi connectivity index (χ0) is 13.2. The summed E-state index contributed by atoms with van der Waals surface area (Å²) >= 11 is 1.65. The number of nitrogens with two attached hydrogens (primary N) is 1. The molecule has 0 atom stereocenters. The van der Waals surface area contributed by atoms with Gasteiger partial charge in [0.15, 0.2) is 0 Å². The van der Waals surface area contributed by atoms with Crippen LogP contribution in [0.5, 0.6) is 0 Å². The Morgan fingerprint density at radius 3 is 3.00 bits per heavy atom. The second-order valence-electron chi connectivity index (χ2n) is 4.94. The highest BCUT2D eigenvalue weighted by atomic mass is 32.1. The van der Waals surface area contributed by atoms with Gasteiger partial charge in [-0.2, -0.15) is 4.98 Å². The quantitative estimate of drug-likeness (QED) is 0.902. The Labute approximate surface area is 116 Å². The molecule has 1 fully saturated rings. The summed E-state index contributed by atoms with van der Waals surface area (Å²) in [6.45, 7) is 4.73. The van der Waals surface area contributed by atoms with Crippen molar-refractivity contribution < 1.29 is 4.74 Å². The first-order valence-corrected chi connectivity index (χ1v) is 7.39. The van der Waals surface area contributed by atoms with Gasteiger partial charge in [0, 0.05) is 24.6 Å². The molecule has 5 nitrogen and oxygen atoms in total. The molecule has 3 N–H and O–H groups in total. The highest BCUT2D eigenvalue weighted by Crippen LogP contribution is 2.29. The third kappa shape index (κ3) is 2.79. The lowest BCUT2D eigenvalue weighted by molar-refractivity contribution is 0.0699. The Morgan fingerprint density at radius 2 is 2.21 bits per heavy atom. The van der Waals surface area contributed by atoms with Gasteiger partial charge in [-0.15, -0.1) is 11.3 Å². The van der Waals surface area contributed by atoms with Crippen LogP contribution in [0.15, 0.2) is 6.07 Å². The van der Waals surface area contributed by atoms with E-state index in [1.54, 1.807) is 11.3 Å². The summed E-state index contributed by atoms with van der Waals surface area (Å²) in [7, 11) is 0. The van der Waals surface area contributed by atoms with Crippen LogP contribution in [0, 0.1) is 12.8 Å². The average Bonchev–Trinajstić information content (AvgIpc) is 2.77. The number of rotatable bonds is 3. The largest absolute Gasteiger partial charge is 0.381 e. The van der Waals surface area contributed by atoms with Crippen molar-refractivity contribution in [2.24, 2.45) is 5.92 Å². The molecule has 0 aromatic carbocycles. The zero-order valence-electron chi connectivity index (χ0n) is 11.0. The number of ether oxygens (including phenoxy) is 1. The Bertz CT molecular complexity index is 577. The number of hydrogen-bond donors (Lipinski definition) is 2. The van der Waals surface area contributed by atoms with Crippen molar-refractivity contribution in [1.82, 2.24) is 9.97 Å². The lowest BCUT2D eigenvalue weighted by atomic mass is 10.0. The summed E-state index contributed by atoms with van der Waals surface area (Å²) in [5.41, 5.74) is 5.77. The van der Waals surface area contributed by atoms with Crippen molar-refractivity contribution in [3.8, 4) is 0 Å². The topological polar surface area (TPSA) is 73.1 Å². The zero-order valence-corrected chi connectivity index (χ0v) is 11.8. The van der Waals surface area contributed by atoms with Crippen LogP contribution < -0.4 is 11.1 Å². The van der Waals surface area contributed by atoms with Crippen molar-refractivity contribution in [2.75, 3.05) is 30.8 Å². The number of thiophene rings is 1. The summed E-state index contributed by atoms with van der Waals surface area (Å²) < 4.78 is 5.37. The van der Waals surface area contributed by atoms with Crippen LogP contribution in [0.1, 0.15) is 17.7 Å². The minimum Gasteiger partial charge on any atom is -0.381 e. The summed E-state index contributed by atoms with van der Waals surface area (Å²) in [5.74, 6) is 1.85. The highest BCUT2D eigenvalue weighted by molar-refractivity contribution is 7.18. The lowest BCUT2D eigenvalue weighted by Gasteiger charge is -2.22. The van der Waals surface area contributed by atoms with Gasteiger partial charge in [-0.25, -0.2) is 4.98 Å². The van der Waals surface area contributed by atoms with Gasteiger partial charge in [0.1, 0.15) is 10.6 Å². The molecule has 1 aliphatic rings. The maximum atomic E-state index is 5.77. The number of nitrogen functional groups attached to an aromatic ring is 1. The molecule has 0 radical (unpaired) electrons. The van der Waals surface area contributed by atoms with Gasteiger partial charge in [-0.05, 0) is 31.7 Å². The molecule has 0 saturated carbocycles. The first-order chi connectivity index (χ1) is 9.22. The number of hydrogen-bond acceptors (Lipinski definition) is 6. The first-order valence-electron chi connectivity index (χ1n) is 6.57. The van der Waals surface area contributed by atoms with Gasteiger partial charge in [0.25, 0.3) is 0 Å². The van der Waals surface area contributed by atoms with Crippen LogP contribution in [0.25, 0.3) is 10.2 Å². The monoisotopic (exact) mass is 278 g/mol. The summed E-state index contributed by atoms with van der Waals surface area (Å²) in [6, 6.07) is 2.12. The standard InChI is InChI=1S/C13H18N4OS/c1-8-6-10-11(16-13(14)17-12(10)19-8)15-7-9-2-4-18-5-3-9/h6,9H,2-5,7H2,1H3,(H3,14,15,16,17). The Hall–Kier alpha value is -1.40. The van der Waals surface area contributed by atoms with Crippen LogP contribution >= 0.6 is 11.3 Å². The van der Waals surface area contributed by atoms with Gasteiger partial charge in [-0.3, -0.25) is 0 Å². The van der Waals surface area contributed by atoms with Crippen LogP contribution in [0.3, 0.4) is 0 Å². The van der Waals surface area contributed by atoms with E-state index < -0.39 is 0 Å². The van der Waals surface area contributed by atoms with Crippen molar-refractivity contribution in [3.63, 3.8) is 0 Å². The summed E-state index contributed by atoms with van der Waals surface area (Å²) in [5, 5.41) is 4.50. The number of anilines is 2. The van der Waals surface area contributed by atoms with E-state index in [1.165, 1.54) is 4.88 Å². The van der Waals surface area contributed by atoms with E-state index in [-0.39, 0.29) is 0 Å². The van der Waals surface area contributed by atoms with Crippen molar-refractivity contribution in [2.45, 2.75) is 19.8 Å². The molecule has 0 unspecified atom stereocenters. The summed E-state index contributed by atoms with van der Waals surface area (Å²) in [6.07, 6.45) is 2.22. The second kappa shape index (κ2) is 5.30. The molecule has 102 valence electrons. The maximum absolute atomic E-state index is 5.77. The second-order valence-corrected chi connectivity index (χ2v) is 6.18. The average molecular weight is 278 g/mol. The van der Waals surface area contributed by atoms with E-state index in [0.717, 1.165) is 48.6 Å². The van der Waals surface area contributed by atoms with Crippen molar-refractivity contribution in [1.29, 1.82) is 0 Å². The smallest absolute Gasteiger partial charge is 0.223 e. The fourth-order valence-corrected chi connectivity index (χ4v) is 3.27. The molecular weight excluding hydrogens is 260 g/mol. The van der Waals surface area contributed by atoms with E-state index in [0.29, 0.717) is 11.9 Å². The first kappa shape index (κ1) is 12.6. The molecule has 2 aromatic heterocycles. The minimum absolute atomic E-state index is 0.337. The number of aryl methyl sites for hydroxylation is 1. The molecular formula is C13H18N4OS. The molecule has 0 spiro atoms. The minimum atomic E-state index is 0.337. The Balaban J connectivity index is 1.79. The molecule has 6 heteroatoms.